The van der Waals surface area contributed by atoms with Crippen LogP contribution in [0, 0.1) is 0 Å². The van der Waals surface area contributed by atoms with Gasteiger partial charge >= 0.3 is 6.61 Å². The minimum Gasteiger partial charge on any atom is -0.493 e. The summed E-state index contributed by atoms with van der Waals surface area (Å²) in [5.74, 6) is -1.06. The topological polar surface area (TPSA) is 67.9 Å². The second kappa shape index (κ2) is 9.89. The van der Waals surface area contributed by atoms with Crippen molar-refractivity contribution in [2.75, 3.05) is 20.7 Å². The molecule has 6 nitrogen and oxygen atoms in total. The summed E-state index contributed by atoms with van der Waals surface area (Å²) in [5, 5.41) is 3.06. The van der Waals surface area contributed by atoms with Crippen LogP contribution in [-0.4, -0.2) is 44.0 Å². The average Bonchev–Trinajstić information content (AvgIpc) is 2.65. The Bertz CT molecular complexity index is 848. The van der Waals surface area contributed by atoms with Crippen molar-refractivity contribution < 1.29 is 27.8 Å². The maximum absolute atomic E-state index is 12.4. The molecule has 2 aromatic carbocycles. The Hall–Kier alpha value is -2.87. The van der Waals surface area contributed by atoms with Crippen LogP contribution >= 0.6 is 11.6 Å². The molecular formula is C19H19ClF2N2O4. The van der Waals surface area contributed by atoms with Gasteiger partial charge < -0.3 is 19.7 Å². The van der Waals surface area contributed by atoms with Crippen molar-refractivity contribution >= 4 is 23.4 Å². The van der Waals surface area contributed by atoms with E-state index in [2.05, 4.69) is 10.1 Å². The lowest BCUT2D eigenvalue weighted by molar-refractivity contribution is -0.129. The van der Waals surface area contributed by atoms with Gasteiger partial charge in [-0.1, -0.05) is 23.7 Å². The number of rotatable bonds is 8. The lowest BCUT2D eigenvalue weighted by Crippen LogP contribution is -2.37. The molecule has 2 rings (SSSR count). The molecular weight excluding hydrogens is 394 g/mol. The van der Waals surface area contributed by atoms with E-state index in [4.69, 9.17) is 16.3 Å². The Labute approximate surface area is 166 Å². The summed E-state index contributed by atoms with van der Waals surface area (Å²) in [4.78, 5) is 25.9. The van der Waals surface area contributed by atoms with Gasteiger partial charge in [-0.3, -0.25) is 9.59 Å². The van der Waals surface area contributed by atoms with E-state index in [-0.39, 0.29) is 29.5 Å². The molecule has 0 spiro atoms. The molecule has 0 radical (unpaired) electrons. The van der Waals surface area contributed by atoms with Crippen LogP contribution in [0.25, 0.3) is 0 Å². The zero-order valence-corrected chi connectivity index (χ0v) is 16.0. The lowest BCUT2D eigenvalue weighted by Gasteiger charge is -2.18. The third-order valence-corrected chi connectivity index (χ3v) is 4.01. The van der Waals surface area contributed by atoms with Crippen molar-refractivity contribution in [3.05, 3.63) is 58.6 Å². The van der Waals surface area contributed by atoms with Crippen LogP contribution < -0.4 is 14.8 Å². The molecule has 1 N–H and O–H groups in total. The van der Waals surface area contributed by atoms with Crippen molar-refractivity contribution in [2.45, 2.75) is 13.2 Å². The van der Waals surface area contributed by atoms with Crippen LogP contribution in [-0.2, 0) is 11.3 Å². The van der Waals surface area contributed by atoms with Crippen LogP contribution in [0.5, 0.6) is 11.5 Å². The highest BCUT2D eigenvalue weighted by atomic mass is 35.5. The van der Waals surface area contributed by atoms with Gasteiger partial charge in [0.15, 0.2) is 11.5 Å². The predicted octanol–water partition coefficient (Wildman–Crippen LogP) is 3.34. The predicted molar refractivity (Wildman–Crippen MR) is 99.9 cm³/mol. The Morgan fingerprint density at radius 3 is 2.57 bits per heavy atom. The number of carbonyl (C=O) groups excluding carboxylic acids is 2. The first kappa shape index (κ1) is 21.4. The first-order chi connectivity index (χ1) is 13.3. The van der Waals surface area contributed by atoms with E-state index in [1.54, 1.807) is 25.2 Å². The van der Waals surface area contributed by atoms with E-state index in [0.717, 1.165) is 5.56 Å². The first-order valence-electron chi connectivity index (χ1n) is 8.19. The number of nitrogens with one attached hydrogen (secondary N) is 1. The zero-order valence-electron chi connectivity index (χ0n) is 15.2. The van der Waals surface area contributed by atoms with E-state index in [1.807, 2.05) is 6.07 Å². The molecule has 0 heterocycles. The number of carbonyl (C=O) groups is 2. The highest BCUT2D eigenvalue weighted by Gasteiger charge is 2.16. The molecule has 0 aliphatic heterocycles. The Morgan fingerprint density at radius 2 is 1.93 bits per heavy atom. The van der Waals surface area contributed by atoms with Crippen molar-refractivity contribution in [3.63, 3.8) is 0 Å². The van der Waals surface area contributed by atoms with Gasteiger partial charge in [-0.15, -0.1) is 0 Å². The summed E-state index contributed by atoms with van der Waals surface area (Å²) in [6, 6.07) is 10.9. The fraction of sp³-hybridized carbons (Fsp3) is 0.263. The van der Waals surface area contributed by atoms with Gasteiger partial charge in [0.05, 0.1) is 13.7 Å². The molecule has 0 atom stereocenters. The third kappa shape index (κ3) is 6.09. The van der Waals surface area contributed by atoms with Gasteiger partial charge in [-0.25, -0.2) is 0 Å². The molecule has 9 heteroatoms. The molecule has 28 heavy (non-hydrogen) atoms. The molecule has 150 valence electrons. The van der Waals surface area contributed by atoms with Gasteiger partial charge in [0.2, 0.25) is 5.91 Å². The summed E-state index contributed by atoms with van der Waals surface area (Å²) in [6.07, 6.45) is 0. The molecule has 0 aromatic heterocycles. The van der Waals surface area contributed by atoms with Gasteiger partial charge in [0, 0.05) is 24.2 Å². The minimum absolute atomic E-state index is 0.0163. The van der Waals surface area contributed by atoms with E-state index < -0.39 is 12.5 Å². The van der Waals surface area contributed by atoms with Crippen LogP contribution in [0.1, 0.15) is 15.9 Å². The van der Waals surface area contributed by atoms with Crippen LogP contribution in [0.2, 0.25) is 5.02 Å². The van der Waals surface area contributed by atoms with E-state index in [0.29, 0.717) is 11.6 Å². The number of nitrogens with zero attached hydrogens (tertiary/aromatic N) is 1. The smallest absolute Gasteiger partial charge is 0.387 e. The first-order valence-corrected chi connectivity index (χ1v) is 8.57. The number of halogens is 3. The lowest BCUT2D eigenvalue weighted by atomic mass is 10.2. The number of benzene rings is 2. The molecule has 0 aliphatic rings. The molecule has 2 amide bonds. The Kier molecular flexibility index (Phi) is 7.57. The van der Waals surface area contributed by atoms with Gasteiger partial charge in [-0.2, -0.15) is 8.78 Å². The Balaban J connectivity index is 1.94. The number of likely N-dealkylation sites (N-methyl/N-ethyl adjacent to an activating group) is 1. The van der Waals surface area contributed by atoms with Crippen molar-refractivity contribution in [1.29, 1.82) is 0 Å². The summed E-state index contributed by atoms with van der Waals surface area (Å²) < 4.78 is 34.0. The van der Waals surface area contributed by atoms with Crippen molar-refractivity contribution in [3.8, 4) is 11.5 Å². The summed E-state index contributed by atoms with van der Waals surface area (Å²) in [6.45, 7) is -2.91. The van der Waals surface area contributed by atoms with Crippen LogP contribution in [0.4, 0.5) is 8.78 Å². The number of ether oxygens (including phenoxy) is 2. The molecule has 0 unspecified atom stereocenters. The molecule has 0 bridgehead atoms. The third-order valence-electron chi connectivity index (χ3n) is 3.78. The fourth-order valence-corrected chi connectivity index (χ4v) is 2.61. The van der Waals surface area contributed by atoms with Crippen LogP contribution in [0.15, 0.2) is 42.5 Å². The minimum atomic E-state index is -3.01. The SMILES string of the molecule is COc1cc(C(=O)NCC(=O)N(C)Cc2cccc(Cl)c2)ccc1OC(F)F. The molecule has 0 fully saturated rings. The van der Waals surface area contributed by atoms with E-state index >= 15 is 0 Å². The van der Waals surface area contributed by atoms with Gasteiger partial charge in [0.25, 0.3) is 5.91 Å². The largest absolute Gasteiger partial charge is 0.493 e. The zero-order chi connectivity index (χ0) is 20.7. The number of alkyl halides is 2. The molecule has 0 saturated heterocycles. The highest BCUT2D eigenvalue weighted by molar-refractivity contribution is 6.30. The average molecular weight is 413 g/mol. The normalized spacial score (nSPS) is 10.5. The van der Waals surface area contributed by atoms with E-state index in [1.165, 1.54) is 30.2 Å². The monoisotopic (exact) mass is 412 g/mol. The summed E-state index contributed by atoms with van der Waals surface area (Å²) in [7, 11) is 2.87. The quantitative estimate of drug-likeness (QED) is 0.722. The van der Waals surface area contributed by atoms with Crippen LogP contribution in [0.3, 0.4) is 0 Å². The molecule has 0 aliphatic carbocycles. The Morgan fingerprint density at radius 1 is 1.18 bits per heavy atom. The number of methoxy groups -OCH3 is 1. The highest BCUT2D eigenvalue weighted by Crippen LogP contribution is 2.29. The second-order valence-electron chi connectivity index (χ2n) is 5.81. The molecule has 0 saturated carbocycles. The van der Waals surface area contributed by atoms with E-state index in [9.17, 15) is 18.4 Å². The number of amides is 2. The second-order valence-corrected chi connectivity index (χ2v) is 6.24. The summed E-state index contributed by atoms with van der Waals surface area (Å²) in [5.41, 5.74) is 0.998. The van der Waals surface area contributed by atoms with Crippen molar-refractivity contribution in [2.24, 2.45) is 0 Å². The van der Waals surface area contributed by atoms with Gasteiger partial charge in [-0.05, 0) is 35.9 Å². The standard InChI is InChI=1S/C19H19ClF2N2O4/c1-24(11-12-4-3-5-14(20)8-12)17(25)10-23-18(26)13-6-7-15(28-19(21)22)16(9-13)27-2/h3-9,19H,10-11H2,1-2H3,(H,23,26). The number of hydrogen-bond acceptors (Lipinski definition) is 4. The maximum Gasteiger partial charge on any atom is 0.387 e. The number of hydrogen-bond donors (Lipinski definition) is 1. The maximum atomic E-state index is 12.4. The van der Waals surface area contributed by atoms with Crippen molar-refractivity contribution in [1.82, 2.24) is 10.2 Å². The molecule has 2 aromatic rings. The van der Waals surface area contributed by atoms with Gasteiger partial charge in [0.1, 0.15) is 0 Å². The summed E-state index contributed by atoms with van der Waals surface area (Å²) >= 11 is 5.92. The fourth-order valence-electron chi connectivity index (χ4n) is 2.39.